The highest BCUT2D eigenvalue weighted by atomic mass is 35.5. The molecular weight excluding hydrogens is 353 g/mol. The summed E-state index contributed by atoms with van der Waals surface area (Å²) in [6, 6.07) is 4.67. The Hall–Kier alpha value is -2.05. The van der Waals surface area contributed by atoms with Crippen molar-refractivity contribution >= 4 is 40.8 Å². The summed E-state index contributed by atoms with van der Waals surface area (Å²) >= 11 is 11.9. The molecule has 0 fully saturated rings. The normalized spacial score (nSPS) is 11.9. The van der Waals surface area contributed by atoms with E-state index >= 15 is 0 Å². The molecule has 1 aromatic carbocycles. The van der Waals surface area contributed by atoms with Crippen LogP contribution in [0.1, 0.15) is 28.7 Å². The molecule has 0 aliphatic heterocycles. The van der Waals surface area contributed by atoms with Gasteiger partial charge in [0.1, 0.15) is 0 Å². The summed E-state index contributed by atoms with van der Waals surface area (Å²) in [5.74, 6) is -1.22. The molecule has 2 rings (SSSR count). The van der Waals surface area contributed by atoms with E-state index in [1.54, 1.807) is 24.7 Å². The third-order valence-corrected chi connectivity index (χ3v) is 4.21. The summed E-state index contributed by atoms with van der Waals surface area (Å²) in [5.41, 5.74) is 2.11. The SMILES string of the molecule is Cc1nn(C)c(C)c1NC(=O)[C@@H](C)OC(=O)c1c(Cl)cccc1Cl. The molecule has 1 aromatic heterocycles. The number of carbonyl (C=O) groups is 2. The molecule has 0 aliphatic carbocycles. The van der Waals surface area contributed by atoms with Crippen molar-refractivity contribution in [3.63, 3.8) is 0 Å². The Morgan fingerprint density at radius 1 is 1.25 bits per heavy atom. The van der Waals surface area contributed by atoms with Crippen molar-refractivity contribution in [3.8, 4) is 0 Å². The van der Waals surface area contributed by atoms with E-state index in [1.165, 1.54) is 19.1 Å². The number of amides is 1. The van der Waals surface area contributed by atoms with Gasteiger partial charge in [-0.15, -0.1) is 0 Å². The fraction of sp³-hybridized carbons (Fsp3) is 0.312. The minimum Gasteiger partial charge on any atom is -0.449 e. The number of esters is 1. The summed E-state index contributed by atoms with van der Waals surface area (Å²) in [4.78, 5) is 24.5. The number of nitrogens with one attached hydrogen (secondary N) is 1. The minimum atomic E-state index is -1.02. The van der Waals surface area contributed by atoms with E-state index in [9.17, 15) is 9.59 Å². The fourth-order valence-corrected chi connectivity index (χ4v) is 2.70. The molecular formula is C16H17Cl2N3O3. The maximum Gasteiger partial charge on any atom is 0.341 e. The van der Waals surface area contributed by atoms with Crippen molar-refractivity contribution in [2.75, 3.05) is 5.32 Å². The van der Waals surface area contributed by atoms with Crippen LogP contribution in [0.5, 0.6) is 0 Å². The maximum absolute atomic E-state index is 12.3. The lowest BCUT2D eigenvalue weighted by molar-refractivity contribution is -0.123. The van der Waals surface area contributed by atoms with Crippen LogP contribution in [-0.2, 0) is 16.6 Å². The first kappa shape index (κ1) is 18.3. The van der Waals surface area contributed by atoms with Crippen LogP contribution in [0.15, 0.2) is 18.2 Å². The van der Waals surface area contributed by atoms with Gasteiger partial charge < -0.3 is 10.1 Å². The first-order chi connectivity index (χ1) is 11.2. The molecule has 24 heavy (non-hydrogen) atoms. The van der Waals surface area contributed by atoms with Gasteiger partial charge in [-0.25, -0.2) is 4.79 Å². The van der Waals surface area contributed by atoms with Crippen molar-refractivity contribution in [3.05, 3.63) is 45.2 Å². The Bertz CT molecular complexity index is 782. The zero-order valence-corrected chi connectivity index (χ0v) is 15.2. The first-order valence-corrected chi connectivity index (χ1v) is 7.94. The predicted octanol–water partition coefficient (Wildman–Crippen LogP) is 3.53. The molecule has 1 N–H and O–H groups in total. The number of nitrogens with zero attached hydrogens (tertiary/aromatic N) is 2. The summed E-state index contributed by atoms with van der Waals surface area (Å²) in [6.07, 6.45) is -1.02. The lowest BCUT2D eigenvalue weighted by atomic mass is 10.2. The lowest BCUT2D eigenvalue weighted by Gasteiger charge is -2.14. The van der Waals surface area contributed by atoms with Gasteiger partial charge in [0.25, 0.3) is 5.91 Å². The molecule has 128 valence electrons. The molecule has 0 radical (unpaired) electrons. The van der Waals surface area contributed by atoms with Crippen LogP contribution in [0.25, 0.3) is 0 Å². The summed E-state index contributed by atoms with van der Waals surface area (Å²) in [7, 11) is 1.78. The van der Waals surface area contributed by atoms with E-state index in [-0.39, 0.29) is 15.6 Å². The topological polar surface area (TPSA) is 73.2 Å². The Morgan fingerprint density at radius 2 is 1.83 bits per heavy atom. The summed E-state index contributed by atoms with van der Waals surface area (Å²) in [6.45, 7) is 5.08. The number of anilines is 1. The van der Waals surface area contributed by atoms with Crippen molar-refractivity contribution in [2.45, 2.75) is 26.9 Å². The van der Waals surface area contributed by atoms with Gasteiger partial charge in [-0.05, 0) is 32.9 Å². The average Bonchev–Trinajstić information content (AvgIpc) is 2.73. The highest BCUT2D eigenvalue weighted by Gasteiger charge is 2.24. The van der Waals surface area contributed by atoms with Crippen LogP contribution in [0.3, 0.4) is 0 Å². The predicted molar refractivity (Wildman–Crippen MR) is 92.7 cm³/mol. The number of aromatic nitrogens is 2. The van der Waals surface area contributed by atoms with Crippen molar-refractivity contribution < 1.29 is 14.3 Å². The quantitative estimate of drug-likeness (QED) is 0.836. The van der Waals surface area contributed by atoms with E-state index in [1.807, 2.05) is 6.92 Å². The highest BCUT2D eigenvalue weighted by molar-refractivity contribution is 6.39. The smallest absolute Gasteiger partial charge is 0.341 e. The lowest BCUT2D eigenvalue weighted by Crippen LogP contribution is -2.30. The number of halogens is 2. The van der Waals surface area contributed by atoms with Crippen LogP contribution in [-0.4, -0.2) is 27.8 Å². The number of rotatable bonds is 4. The number of carbonyl (C=O) groups excluding carboxylic acids is 2. The molecule has 0 aliphatic rings. The molecule has 6 nitrogen and oxygen atoms in total. The van der Waals surface area contributed by atoms with Crippen molar-refractivity contribution in [1.29, 1.82) is 0 Å². The van der Waals surface area contributed by atoms with E-state index in [0.29, 0.717) is 11.4 Å². The Labute approximate surface area is 149 Å². The van der Waals surface area contributed by atoms with Gasteiger partial charge in [-0.1, -0.05) is 29.3 Å². The van der Waals surface area contributed by atoms with Gasteiger partial charge in [-0.2, -0.15) is 5.10 Å². The molecule has 8 heteroatoms. The monoisotopic (exact) mass is 369 g/mol. The second-order valence-electron chi connectivity index (χ2n) is 5.30. The molecule has 0 saturated carbocycles. The van der Waals surface area contributed by atoms with Crippen molar-refractivity contribution in [2.24, 2.45) is 7.05 Å². The standard InChI is InChI=1S/C16H17Cl2N3O3/c1-8-14(9(2)21(4)20-8)19-15(22)10(3)24-16(23)13-11(17)6-5-7-12(13)18/h5-7,10H,1-4H3,(H,19,22)/t10-/m1/s1. The van der Waals surface area contributed by atoms with Crippen molar-refractivity contribution in [1.82, 2.24) is 9.78 Å². The van der Waals surface area contributed by atoms with E-state index in [4.69, 9.17) is 27.9 Å². The van der Waals surface area contributed by atoms with Crippen LogP contribution in [0.2, 0.25) is 10.0 Å². The van der Waals surface area contributed by atoms with Crippen LogP contribution in [0, 0.1) is 13.8 Å². The van der Waals surface area contributed by atoms with E-state index in [0.717, 1.165) is 5.69 Å². The largest absolute Gasteiger partial charge is 0.449 e. The minimum absolute atomic E-state index is 0.0363. The van der Waals surface area contributed by atoms with E-state index in [2.05, 4.69) is 10.4 Å². The average molecular weight is 370 g/mol. The van der Waals surface area contributed by atoms with Crippen LogP contribution >= 0.6 is 23.2 Å². The zero-order chi connectivity index (χ0) is 18.0. The van der Waals surface area contributed by atoms with Gasteiger partial charge >= 0.3 is 5.97 Å². The number of hydrogen-bond donors (Lipinski definition) is 1. The van der Waals surface area contributed by atoms with Crippen LogP contribution < -0.4 is 5.32 Å². The maximum atomic E-state index is 12.3. The zero-order valence-electron chi connectivity index (χ0n) is 13.7. The van der Waals surface area contributed by atoms with Gasteiger partial charge in [-0.3, -0.25) is 9.48 Å². The molecule has 1 heterocycles. The number of aryl methyl sites for hydroxylation is 2. The first-order valence-electron chi connectivity index (χ1n) is 7.18. The fourth-order valence-electron chi connectivity index (χ4n) is 2.15. The molecule has 2 aromatic rings. The third kappa shape index (κ3) is 3.71. The second kappa shape index (κ2) is 7.23. The highest BCUT2D eigenvalue weighted by Crippen LogP contribution is 2.25. The third-order valence-electron chi connectivity index (χ3n) is 3.58. The molecule has 0 bridgehead atoms. The summed E-state index contributed by atoms with van der Waals surface area (Å²) < 4.78 is 6.83. The number of benzene rings is 1. The van der Waals surface area contributed by atoms with E-state index < -0.39 is 18.0 Å². The Balaban J connectivity index is 2.10. The van der Waals surface area contributed by atoms with Gasteiger partial charge in [0.2, 0.25) is 0 Å². The number of ether oxygens (including phenoxy) is 1. The van der Waals surface area contributed by atoms with Gasteiger partial charge in [0.05, 0.1) is 32.7 Å². The molecule has 0 unspecified atom stereocenters. The number of hydrogen-bond acceptors (Lipinski definition) is 4. The van der Waals surface area contributed by atoms with Gasteiger partial charge in [0, 0.05) is 7.05 Å². The Kier molecular flexibility index (Phi) is 5.51. The second-order valence-corrected chi connectivity index (χ2v) is 6.12. The summed E-state index contributed by atoms with van der Waals surface area (Å²) in [5, 5.41) is 7.27. The molecule has 0 spiro atoms. The Morgan fingerprint density at radius 3 is 2.33 bits per heavy atom. The molecule has 1 atom stereocenters. The van der Waals surface area contributed by atoms with Gasteiger partial charge in [0.15, 0.2) is 6.10 Å². The molecule has 1 amide bonds. The molecule has 0 saturated heterocycles. The van der Waals surface area contributed by atoms with Crippen LogP contribution in [0.4, 0.5) is 5.69 Å².